The van der Waals surface area contributed by atoms with Crippen LogP contribution in [0, 0.1) is 5.21 Å². The first-order chi connectivity index (χ1) is 5.90. The first kappa shape index (κ1) is 10.1. The fraction of sp³-hybridized carbons (Fsp3) is 0.167. The maximum atomic E-state index is 11.2. The molecule has 1 N–H and O–H groups in total. The largest absolute Gasteiger partial charge is 0.710 e. The molecule has 0 bridgehead atoms. The van der Waals surface area contributed by atoms with Crippen molar-refractivity contribution in [2.45, 2.75) is 5.03 Å². The SMILES string of the molecule is CS(=O)(=O)Nc1cccc(S)[n+]1[O-]. The minimum absolute atomic E-state index is 0.0602. The zero-order chi connectivity index (χ0) is 10.1. The fourth-order valence-corrected chi connectivity index (χ4v) is 1.47. The Kier molecular flexibility index (Phi) is 2.67. The van der Waals surface area contributed by atoms with Crippen molar-refractivity contribution in [3.63, 3.8) is 0 Å². The predicted octanol–water partition coefficient (Wildman–Crippen LogP) is -0.0198. The number of rotatable bonds is 2. The number of pyridine rings is 1. The van der Waals surface area contributed by atoms with Gasteiger partial charge in [-0.1, -0.05) is 0 Å². The van der Waals surface area contributed by atoms with Crippen molar-refractivity contribution in [1.29, 1.82) is 0 Å². The van der Waals surface area contributed by atoms with Gasteiger partial charge in [-0.05, 0) is 12.1 Å². The molecule has 0 radical (unpaired) electrons. The zero-order valence-electron chi connectivity index (χ0n) is 6.76. The molecule has 0 amide bonds. The number of nitrogens with zero attached hydrogens (tertiary/aromatic N) is 1. The quantitative estimate of drug-likeness (QED) is 0.418. The molecule has 0 fully saturated rings. The molecule has 0 aliphatic rings. The second-order valence-electron chi connectivity index (χ2n) is 2.44. The van der Waals surface area contributed by atoms with Crippen molar-refractivity contribution in [1.82, 2.24) is 0 Å². The number of anilines is 1. The van der Waals surface area contributed by atoms with Crippen LogP contribution in [-0.2, 0) is 10.0 Å². The Morgan fingerprint density at radius 1 is 1.54 bits per heavy atom. The summed E-state index contributed by atoms with van der Waals surface area (Å²) in [6, 6.07) is 4.35. The summed E-state index contributed by atoms with van der Waals surface area (Å²) in [6.45, 7) is 0. The maximum absolute atomic E-state index is 11.2. The number of aromatic nitrogens is 1. The topological polar surface area (TPSA) is 73.1 Å². The molecule has 1 rings (SSSR count). The highest BCUT2D eigenvalue weighted by molar-refractivity contribution is 7.92. The lowest BCUT2D eigenvalue weighted by Crippen LogP contribution is -2.33. The zero-order valence-corrected chi connectivity index (χ0v) is 8.47. The molecule has 1 aromatic heterocycles. The van der Waals surface area contributed by atoms with Gasteiger partial charge in [0.05, 0.1) is 6.26 Å². The highest BCUT2D eigenvalue weighted by Gasteiger charge is 2.11. The summed E-state index contributed by atoms with van der Waals surface area (Å²) in [5.74, 6) is -0.0602. The van der Waals surface area contributed by atoms with Crippen molar-refractivity contribution >= 4 is 28.5 Å². The summed E-state index contributed by atoms with van der Waals surface area (Å²) in [5.41, 5.74) is 0. The summed E-state index contributed by atoms with van der Waals surface area (Å²) in [4.78, 5) is 0. The lowest BCUT2D eigenvalue weighted by Gasteiger charge is -2.08. The van der Waals surface area contributed by atoms with Crippen LogP contribution in [0.15, 0.2) is 23.2 Å². The molecule has 13 heavy (non-hydrogen) atoms. The van der Waals surface area contributed by atoms with Gasteiger partial charge in [-0.2, -0.15) is 13.1 Å². The molecule has 0 unspecified atom stereocenters. The molecule has 1 heterocycles. The first-order valence-electron chi connectivity index (χ1n) is 3.29. The Morgan fingerprint density at radius 3 is 2.69 bits per heavy atom. The van der Waals surface area contributed by atoms with Crippen LogP contribution in [0.25, 0.3) is 0 Å². The maximum Gasteiger partial charge on any atom is 0.295 e. The highest BCUT2D eigenvalue weighted by atomic mass is 32.2. The molecule has 1 aromatic rings. The number of hydrogen-bond donors (Lipinski definition) is 2. The van der Waals surface area contributed by atoms with E-state index < -0.39 is 10.0 Å². The van der Waals surface area contributed by atoms with Gasteiger partial charge in [-0.15, -0.1) is 12.6 Å². The number of hydrogen-bond acceptors (Lipinski definition) is 4. The lowest BCUT2D eigenvalue weighted by molar-refractivity contribution is -0.630. The molecule has 72 valence electrons. The monoisotopic (exact) mass is 220 g/mol. The summed E-state index contributed by atoms with van der Waals surface area (Å²) < 4.78 is 24.0. The molecule has 0 spiro atoms. The van der Waals surface area contributed by atoms with E-state index in [-0.39, 0.29) is 10.8 Å². The van der Waals surface area contributed by atoms with Gasteiger partial charge < -0.3 is 5.21 Å². The molecule has 5 nitrogen and oxygen atoms in total. The Hall–Kier alpha value is -0.950. The highest BCUT2D eigenvalue weighted by Crippen LogP contribution is 2.05. The molecule has 0 aliphatic heterocycles. The molecule has 0 aromatic carbocycles. The number of sulfonamides is 1. The van der Waals surface area contributed by atoms with Crippen LogP contribution >= 0.6 is 12.6 Å². The third-order valence-corrected chi connectivity index (χ3v) is 2.13. The summed E-state index contributed by atoms with van der Waals surface area (Å²) in [6.07, 6.45) is 0.970. The second kappa shape index (κ2) is 3.43. The van der Waals surface area contributed by atoms with E-state index >= 15 is 0 Å². The Labute approximate surface area is 81.4 Å². The van der Waals surface area contributed by atoms with Crippen LogP contribution in [0.4, 0.5) is 5.82 Å². The third-order valence-electron chi connectivity index (χ3n) is 1.22. The van der Waals surface area contributed by atoms with E-state index in [1.165, 1.54) is 18.2 Å². The van der Waals surface area contributed by atoms with E-state index in [4.69, 9.17) is 0 Å². The summed E-state index contributed by atoms with van der Waals surface area (Å²) in [5, 5.41) is 11.3. The molecule has 7 heteroatoms. The summed E-state index contributed by atoms with van der Waals surface area (Å²) >= 11 is 3.83. The third kappa shape index (κ3) is 2.78. The molecular formula is C6H8N2O3S2. The van der Waals surface area contributed by atoms with Gasteiger partial charge in [0.2, 0.25) is 0 Å². The molecule has 0 atom stereocenters. The van der Waals surface area contributed by atoms with Crippen molar-refractivity contribution in [3.05, 3.63) is 23.4 Å². The van der Waals surface area contributed by atoms with Gasteiger partial charge in [-0.25, -0.2) is 4.73 Å². The normalized spacial score (nSPS) is 11.2. The van der Waals surface area contributed by atoms with Crippen LogP contribution in [0.1, 0.15) is 0 Å². The second-order valence-corrected chi connectivity index (χ2v) is 4.64. The van der Waals surface area contributed by atoms with Gasteiger partial charge in [-0.3, -0.25) is 0 Å². The van der Waals surface area contributed by atoms with E-state index in [0.29, 0.717) is 4.73 Å². The van der Waals surface area contributed by atoms with Crippen LogP contribution in [0.5, 0.6) is 0 Å². The Balaban J connectivity index is 3.10. The van der Waals surface area contributed by atoms with Gasteiger partial charge in [0.1, 0.15) is 0 Å². The Bertz CT molecular complexity index is 416. The van der Waals surface area contributed by atoms with Crippen LogP contribution < -0.4 is 9.45 Å². The van der Waals surface area contributed by atoms with Crippen molar-refractivity contribution in [3.8, 4) is 0 Å². The predicted molar refractivity (Wildman–Crippen MR) is 51.1 cm³/mol. The van der Waals surface area contributed by atoms with E-state index in [9.17, 15) is 13.6 Å². The van der Waals surface area contributed by atoms with Crippen molar-refractivity contribution < 1.29 is 13.1 Å². The standard InChI is InChI=1S/C6H8N2O3S2/c1-13(10,11)7-5-3-2-4-6(12)8(5)9/h2-4,7,12H,1H3. The van der Waals surface area contributed by atoms with Crippen LogP contribution in [0.3, 0.4) is 0 Å². The minimum Gasteiger partial charge on any atom is -0.710 e. The number of thiol groups is 1. The van der Waals surface area contributed by atoms with Crippen molar-refractivity contribution in [2.24, 2.45) is 0 Å². The first-order valence-corrected chi connectivity index (χ1v) is 5.63. The van der Waals surface area contributed by atoms with E-state index in [2.05, 4.69) is 17.4 Å². The van der Waals surface area contributed by atoms with Gasteiger partial charge in [0.25, 0.3) is 15.8 Å². The molecular weight excluding hydrogens is 212 g/mol. The van der Waals surface area contributed by atoms with Gasteiger partial charge in [0.15, 0.2) is 5.03 Å². The van der Waals surface area contributed by atoms with E-state index in [1.54, 1.807) is 0 Å². The Morgan fingerprint density at radius 2 is 2.15 bits per heavy atom. The van der Waals surface area contributed by atoms with E-state index in [0.717, 1.165) is 6.26 Å². The van der Waals surface area contributed by atoms with Crippen molar-refractivity contribution in [2.75, 3.05) is 11.0 Å². The number of nitrogens with one attached hydrogen (secondary N) is 1. The average molecular weight is 220 g/mol. The lowest BCUT2D eigenvalue weighted by atomic mass is 10.5. The minimum atomic E-state index is -3.42. The molecule has 0 aliphatic carbocycles. The van der Waals surface area contributed by atoms with Gasteiger partial charge in [0, 0.05) is 6.07 Å². The molecule has 0 saturated heterocycles. The molecule has 0 saturated carbocycles. The van der Waals surface area contributed by atoms with Crippen LogP contribution in [0.2, 0.25) is 0 Å². The average Bonchev–Trinajstić information content (AvgIpc) is 1.96. The summed E-state index contributed by atoms with van der Waals surface area (Å²) in [7, 11) is -3.42. The smallest absolute Gasteiger partial charge is 0.295 e. The fourth-order valence-electron chi connectivity index (χ4n) is 0.750. The van der Waals surface area contributed by atoms with E-state index in [1.807, 2.05) is 0 Å². The van der Waals surface area contributed by atoms with Gasteiger partial charge >= 0.3 is 0 Å². The van der Waals surface area contributed by atoms with Crippen LogP contribution in [-0.4, -0.2) is 14.7 Å².